The third-order valence-corrected chi connectivity index (χ3v) is 4.74. The highest BCUT2D eigenvalue weighted by Crippen LogP contribution is 2.36. The molecule has 0 amide bonds. The van der Waals surface area contributed by atoms with Crippen LogP contribution in [0.1, 0.15) is 40.0 Å². The van der Waals surface area contributed by atoms with E-state index in [0.29, 0.717) is 12.6 Å². The number of hydrogen-bond donors (Lipinski definition) is 1. The number of nitrogens with zero attached hydrogens (tertiary/aromatic N) is 1. The molecule has 0 aromatic carbocycles. The van der Waals surface area contributed by atoms with Crippen LogP contribution >= 0.6 is 0 Å². The van der Waals surface area contributed by atoms with Gasteiger partial charge in [-0.2, -0.15) is 0 Å². The van der Waals surface area contributed by atoms with Crippen molar-refractivity contribution < 1.29 is 9.53 Å². The fraction of sp³-hybridized carbons (Fsp3) is 0.929. The summed E-state index contributed by atoms with van der Waals surface area (Å²) in [6, 6.07) is 0.465. The first-order chi connectivity index (χ1) is 8.46. The van der Waals surface area contributed by atoms with E-state index in [4.69, 9.17) is 10.5 Å². The maximum Gasteiger partial charge on any atom is 0.326 e. The molecule has 18 heavy (non-hydrogen) atoms. The van der Waals surface area contributed by atoms with Crippen molar-refractivity contribution in [2.75, 3.05) is 19.7 Å². The van der Waals surface area contributed by atoms with Gasteiger partial charge in [-0.1, -0.05) is 13.8 Å². The molecule has 2 aliphatic rings. The van der Waals surface area contributed by atoms with Gasteiger partial charge in [-0.25, -0.2) is 0 Å². The van der Waals surface area contributed by atoms with Gasteiger partial charge in [0.1, 0.15) is 5.54 Å². The van der Waals surface area contributed by atoms with Crippen molar-refractivity contribution >= 4 is 5.97 Å². The fourth-order valence-electron chi connectivity index (χ4n) is 3.29. The Morgan fingerprint density at radius 1 is 1.39 bits per heavy atom. The maximum absolute atomic E-state index is 11.9. The summed E-state index contributed by atoms with van der Waals surface area (Å²) in [5, 5.41) is 0. The number of nitrogens with two attached hydrogens (primary N) is 1. The van der Waals surface area contributed by atoms with Crippen molar-refractivity contribution in [3.63, 3.8) is 0 Å². The zero-order chi connectivity index (χ0) is 13.3. The number of esters is 1. The highest BCUT2D eigenvalue weighted by molar-refractivity contribution is 5.81. The van der Waals surface area contributed by atoms with Crippen LogP contribution in [0.15, 0.2) is 0 Å². The lowest BCUT2D eigenvalue weighted by molar-refractivity contribution is -0.149. The maximum atomic E-state index is 11.9. The van der Waals surface area contributed by atoms with Gasteiger partial charge in [0.05, 0.1) is 6.61 Å². The van der Waals surface area contributed by atoms with E-state index in [2.05, 4.69) is 18.7 Å². The van der Waals surface area contributed by atoms with Crippen LogP contribution in [0.2, 0.25) is 0 Å². The van der Waals surface area contributed by atoms with Crippen LogP contribution in [-0.2, 0) is 9.53 Å². The van der Waals surface area contributed by atoms with Gasteiger partial charge in [0.15, 0.2) is 0 Å². The molecule has 1 saturated carbocycles. The second-order valence-corrected chi connectivity index (χ2v) is 6.18. The van der Waals surface area contributed by atoms with E-state index < -0.39 is 5.54 Å². The molecule has 0 spiro atoms. The van der Waals surface area contributed by atoms with Crippen LogP contribution in [0, 0.1) is 11.8 Å². The molecule has 0 aromatic rings. The van der Waals surface area contributed by atoms with Gasteiger partial charge in [0, 0.05) is 19.1 Å². The van der Waals surface area contributed by atoms with Gasteiger partial charge in [-0.15, -0.1) is 0 Å². The van der Waals surface area contributed by atoms with E-state index >= 15 is 0 Å². The fourth-order valence-corrected chi connectivity index (χ4v) is 3.29. The minimum Gasteiger partial charge on any atom is -0.465 e. The first-order valence-electron chi connectivity index (χ1n) is 7.16. The number of rotatable bonds is 3. The van der Waals surface area contributed by atoms with Gasteiger partial charge >= 0.3 is 5.97 Å². The minimum absolute atomic E-state index is 0.215. The van der Waals surface area contributed by atoms with Gasteiger partial charge < -0.3 is 10.5 Å². The van der Waals surface area contributed by atoms with E-state index in [9.17, 15) is 4.79 Å². The molecule has 1 heterocycles. The van der Waals surface area contributed by atoms with Crippen LogP contribution in [0.5, 0.6) is 0 Å². The van der Waals surface area contributed by atoms with Crippen molar-refractivity contribution in [1.29, 1.82) is 0 Å². The molecule has 2 fully saturated rings. The predicted octanol–water partition coefficient (Wildman–Crippen LogP) is 1.39. The number of ether oxygens (including phenoxy) is 1. The molecule has 1 aliphatic heterocycles. The van der Waals surface area contributed by atoms with Crippen LogP contribution in [0.25, 0.3) is 0 Å². The van der Waals surface area contributed by atoms with Crippen molar-refractivity contribution in [3.8, 4) is 0 Å². The molecule has 0 bridgehead atoms. The second kappa shape index (κ2) is 5.17. The Hall–Kier alpha value is -0.610. The quantitative estimate of drug-likeness (QED) is 0.773. The topological polar surface area (TPSA) is 55.6 Å². The highest BCUT2D eigenvalue weighted by Gasteiger charge is 2.46. The normalized spacial score (nSPS) is 41.2. The summed E-state index contributed by atoms with van der Waals surface area (Å²) < 4.78 is 5.10. The molecule has 1 saturated heterocycles. The molecule has 2 N–H and O–H groups in total. The average Bonchev–Trinajstić information content (AvgIpc) is 2.86. The Balaban J connectivity index is 1.94. The van der Waals surface area contributed by atoms with E-state index in [1.165, 1.54) is 0 Å². The Kier molecular flexibility index (Phi) is 3.97. The monoisotopic (exact) mass is 254 g/mol. The van der Waals surface area contributed by atoms with Crippen molar-refractivity contribution in [1.82, 2.24) is 4.90 Å². The van der Waals surface area contributed by atoms with E-state index in [-0.39, 0.29) is 5.97 Å². The highest BCUT2D eigenvalue weighted by atomic mass is 16.5. The molecule has 0 aromatic heterocycles. The van der Waals surface area contributed by atoms with Crippen LogP contribution in [-0.4, -0.2) is 42.1 Å². The molecule has 4 nitrogen and oxygen atoms in total. The Bertz CT molecular complexity index is 311. The Labute approximate surface area is 110 Å². The third-order valence-electron chi connectivity index (χ3n) is 4.74. The average molecular weight is 254 g/mol. The lowest BCUT2D eigenvalue weighted by Gasteiger charge is -2.26. The summed E-state index contributed by atoms with van der Waals surface area (Å²) >= 11 is 0. The van der Waals surface area contributed by atoms with E-state index in [0.717, 1.165) is 44.2 Å². The standard InChI is InChI=1S/C14H26N2O2/c1-4-18-13(17)14(15)6-5-12(7-14)16-8-10(2)11(3)9-16/h10-12H,4-9,15H2,1-3H3. The number of carbonyl (C=O) groups is 1. The SMILES string of the molecule is CCOC(=O)C1(N)CCC(N2CC(C)C(C)C2)C1. The number of hydrogen-bond acceptors (Lipinski definition) is 4. The zero-order valence-electron chi connectivity index (χ0n) is 11.8. The van der Waals surface area contributed by atoms with Crippen LogP contribution in [0.4, 0.5) is 0 Å². The van der Waals surface area contributed by atoms with Crippen molar-refractivity contribution in [2.24, 2.45) is 17.6 Å². The molecular weight excluding hydrogens is 228 g/mol. The first kappa shape index (κ1) is 13.8. The van der Waals surface area contributed by atoms with E-state index in [1.807, 2.05) is 6.92 Å². The smallest absolute Gasteiger partial charge is 0.326 e. The second-order valence-electron chi connectivity index (χ2n) is 6.18. The Morgan fingerprint density at radius 3 is 2.56 bits per heavy atom. The van der Waals surface area contributed by atoms with Gasteiger partial charge in [-0.05, 0) is 38.0 Å². The minimum atomic E-state index is -0.740. The predicted molar refractivity (Wildman–Crippen MR) is 71.1 cm³/mol. The number of likely N-dealkylation sites (tertiary alicyclic amines) is 1. The lowest BCUT2D eigenvalue weighted by atomic mass is 9.99. The van der Waals surface area contributed by atoms with Gasteiger partial charge in [0.25, 0.3) is 0 Å². The first-order valence-corrected chi connectivity index (χ1v) is 7.16. The molecule has 4 heteroatoms. The summed E-state index contributed by atoms with van der Waals surface area (Å²) in [5.41, 5.74) is 5.47. The molecule has 0 radical (unpaired) electrons. The summed E-state index contributed by atoms with van der Waals surface area (Å²) in [6.07, 6.45) is 2.54. The van der Waals surface area contributed by atoms with Crippen LogP contribution < -0.4 is 5.73 Å². The molecular formula is C14H26N2O2. The zero-order valence-corrected chi connectivity index (χ0v) is 11.8. The van der Waals surface area contributed by atoms with Gasteiger partial charge in [-0.3, -0.25) is 9.69 Å². The van der Waals surface area contributed by atoms with Crippen molar-refractivity contribution in [2.45, 2.75) is 51.6 Å². The molecule has 1 aliphatic carbocycles. The lowest BCUT2D eigenvalue weighted by Crippen LogP contribution is -2.48. The Morgan fingerprint density at radius 2 is 2.00 bits per heavy atom. The summed E-state index contributed by atoms with van der Waals surface area (Å²) in [5.74, 6) is 1.29. The number of carbonyl (C=O) groups excluding carboxylic acids is 1. The van der Waals surface area contributed by atoms with E-state index in [1.54, 1.807) is 0 Å². The summed E-state index contributed by atoms with van der Waals surface area (Å²) in [7, 11) is 0. The van der Waals surface area contributed by atoms with Crippen LogP contribution in [0.3, 0.4) is 0 Å². The molecule has 2 rings (SSSR count). The largest absolute Gasteiger partial charge is 0.465 e. The van der Waals surface area contributed by atoms with Crippen molar-refractivity contribution in [3.05, 3.63) is 0 Å². The summed E-state index contributed by atoms with van der Waals surface area (Å²) in [4.78, 5) is 14.4. The molecule has 4 atom stereocenters. The van der Waals surface area contributed by atoms with Gasteiger partial charge in [0.2, 0.25) is 0 Å². The summed E-state index contributed by atoms with van der Waals surface area (Å²) in [6.45, 7) is 9.15. The third kappa shape index (κ3) is 2.54. The molecule has 4 unspecified atom stereocenters. The molecule has 104 valence electrons.